The molecule has 0 saturated carbocycles. The molecule has 112 valence electrons. The smallest absolute Gasteiger partial charge is 0.232 e. The number of sulfonamides is 1. The summed E-state index contributed by atoms with van der Waals surface area (Å²) in [6.07, 6.45) is 3.61. The quantitative estimate of drug-likeness (QED) is 0.877. The Hall–Kier alpha value is -1.21. The Bertz CT molecular complexity index is 557. The Labute approximate surface area is 117 Å². The largest absolute Gasteiger partial charge is 0.314 e. The Balaban J connectivity index is 1.94. The number of hydrogen-bond donors (Lipinski definition) is 2. The fourth-order valence-corrected chi connectivity index (χ4v) is 3.45. The molecule has 1 aromatic carbocycles. The summed E-state index contributed by atoms with van der Waals surface area (Å²) in [5.74, 6) is -1.58. The van der Waals surface area contributed by atoms with E-state index in [1.54, 1.807) is 0 Å². The first kappa shape index (κ1) is 15.2. The molecule has 1 aliphatic heterocycles. The van der Waals surface area contributed by atoms with E-state index in [9.17, 15) is 17.2 Å². The third-order valence-corrected chi connectivity index (χ3v) is 4.65. The average Bonchev–Trinajstić information content (AvgIpc) is 2.42. The number of benzene rings is 1. The molecule has 0 amide bonds. The van der Waals surface area contributed by atoms with Crippen molar-refractivity contribution in [1.29, 1.82) is 0 Å². The van der Waals surface area contributed by atoms with Crippen LogP contribution in [0.25, 0.3) is 0 Å². The highest BCUT2D eigenvalue weighted by atomic mass is 32.2. The number of piperidine rings is 1. The van der Waals surface area contributed by atoms with E-state index in [1.165, 1.54) is 0 Å². The van der Waals surface area contributed by atoms with E-state index in [0.717, 1.165) is 44.0 Å². The first-order chi connectivity index (χ1) is 9.46. The second kappa shape index (κ2) is 6.49. The molecule has 4 nitrogen and oxygen atoms in total. The van der Waals surface area contributed by atoms with Crippen LogP contribution < -0.4 is 10.0 Å². The van der Waals surface area contributed by atoms with Crippen molar-refractivity contribution < 1.29 is 17.2 Å². The molecule has 2 N–H and O–H groups in total. The van der Waals surface area contributed by atoms with Gasteiger partial charge in [-0.2, -0.15) is 0 Å². The fourth-order valence-electron chi connectivity index (χ4n) is 2.26. The zero-order valence-electron chi connectivity index (χ0n) is 11.0. The number of halogens is 2. The predicted octanol–water partition coefficient (Wildman–Crippen LogP) is 2.24. The first-order valence-corrected chi connectivity index (χ1v) is 8.30. The topological polar surface area (TPSA) is 58.2 Å². The van der Waals surface area contributed by atoms with Crippen molar-refractivity contribution in [2.45, 2.75) is 31.7 Å². The molecule has 0 spiro atoms. The average molecular weight is 304 g/mol. The van der Waals surface area contributed by atoms with Crippen molar-refractivity contribution in [3.05, 3.63) is 29.8 Å². The zero-order chi connectivity index (χ0) is 14.6. The van der Waals surface area contributed by atoms with Gasteiger partial charge in [0.1, 0.15) is 11.6 Å². The van der Waals surface area contributed by atoms with Crippen LogP contribution in [0.2, 0.25) is 0 Å². The molecule has 1 saturated heterocycles. The lowest BCUT2D eigenvalue weighted by Gasteiger charge is -2.23. The molecule has 0 radical (unpaired) electrons. The van der Waals surface area contributed by atoms with E-state index >= 15 is 0 Å². The molecular weight excluding hydrogens is 286 g/mol. The predicted molar refractivity (Wildman–Crippen MR) is 74.0 cm³/mol. The Morgan fingerprint density at radius 3 is 2.80 bits per heavy atom. The molecule has 1 unspecified atom stereocenters. The number of rotatable bonds is 5. The molecule has 0 aliphatic carbocycles. The van der Waals surface area contributed by atoms with Crippen molar-refractivity contribution >= 4 is 15.7 Å². The minimum atomic E-state index is -3.67. The minimum Gasteiger partial charge on any atom is -0.314 e. The van der Waals surface area contributed by atoms with Gasteiger partial charge in [-0.25, -0.2) is 17.2 Å². The molecule has 1 fully saturated rings. The van der Waals surface area contributed by atoms with E-state index in [-0.39, 0.29) is 17.5 Å². The van der Waals surface area contributed by atoms with Crippen LogP contribution in [0.3, 0.4) is 0 Å². The summed E-state index contributed by atoms with van der Waals surface area (Å²) in [6, 6.07) is 2.86. The second-order valence-electron chi connectivity index (χ2n) is 4.98. The van der Waals surface area contributed by atoms with Gasteiger partial charge in [-0.15, -0.1) is 0 Å². The minimum absolute atomic E-state index is 0.110. The van der Waals surface area contributed by atoms with E-state index in [1.807, 2.05) is 0 Å². The van der Waals surface area contributed by atoms with Crippen molar-refractivity contribution in [3.8, 4) is 0 Å². The van der Waals surface area contributed by atoms with Gasteiger partial charge in [-0.1, -0.05) is 6.42 Å². The van der Waals surface area contributed by atoms with Gasteiger partial charge in [0, 0.05) is 12.1 Å². The van der Waals surface area contributed by atoms with Gasteiger partial charge in [0.2, 0.25) is 10.0 Å². The van der Waals surface area contributed by atoms with Crippen molar-refractivity contribution in [3.63, 3.8) is 0 Å². The zero-order valence-corrected chi connectivity index (χ0v) is 11.8. The molecular formula is C13H18F2N2O2S. The van der Waals surface area contributed by atoms with Crippen LogP contribution in [0.15, 0.2) is 18.2 Å². The molecule has 1 heterocycles. The molecule has 0 bridgehead atoms. The van der Waals surface area contributed by atoms with Gasteiger partial charge in [-0.3, -0.25) is 4.72 Å². The van der Waals surface area contributed by atoms with Crippen LogP contribution in [0.5, 0.6) is 0 Å². The highest BCUT2D eigenvalue weighted by molar-refractivity contribution is 7.92. The summed E-state index contributed by atoms with van der Waals surface area (Å²) in [4.78, 5) is 0. The lowest BCUT2D eigenvalue weighted by Crippen LogP contribution is -2.36. The summed E-state index contributed by atoms with van der Waals surface area (Å²) < 4.78 is 52.2. The molecule has 20 heavy (non-hydrogen) atoms. The van der Waals surface area contributed by atoms with Crippen LogP contribution in [0.4, 0.5) is 14.5 Å². The van der Waals surface area contributed by atoms with Crippen LogP contribution in [-0.2, 0) is 10.0 Å². The van der Waals surface area contributed by atoms with E-state index in [0.29, 0.717) is 6.42 Å². The van der Waals surface area contributed by atoms with Gasteiger partial charge in [0.05, 0.1) is 11.4 Å². The Kier molecular flexibility index (Phi) is 4.93. The van der Waals surface area contributed by atoms with E-state index in [2.05, 4.69) is 10.0 Å². The molecule has 1 aromatic rings. The SMILES string of the molecule is O=S(=O)(CCC1CCCCN1)Nc1cc(F)ccc1F. The van der Waals surface area contributed by atoms with Gasteiger partial charge in [-0.05, 0) is 37.9 Å². The van der Waals surface area contributed by atoms with Crippen molar-refractivity contribution in [2.24, 2.45) is 0 Å². The highest BCUT2D eigenvalue weighted by Crippen LogP contribution is 2.18. The molecule has 7 heteroatoms. The maximum atomic E-state index is 13.4. The van der Waals surface area contributed by atoms with Crippen LogP contribution in [-0.4, -0.2) is 26.8 Å². The van der Waals surface area contributed by atoms with Gasteiger partial charge in [0.15, 0.2) is 0 Å². The monoisotopic (exact) mass is 304 g/mol. The first-order valence-electron chi connectivity index (χ1n) is 6.65. The van der Waals surface area contributed by atoms with Crippen LogP contribution in [0.1, 0.15) is 25.7 Å². The molecule has 1 aliphatic rings. The van der Waals surface area contributed by atoms with Crippen molar-refractivity contribution in [1.82, 2.24) is 5.32 Å². The normalized spacial score (nSPS) is 19.8. The number of hydrogen-bond acceptors (Lipinski definition) is 3. The summed E-state index contributed by atoms with van der Waals surface area (Å²) in [6.45, 7) is 0.899. The standard InChI is InChI=1S/C13H18F2N2O2S/c14-10-4-5-12(15)13(9-10)17-20(18,19)8-6-11-3-1-2-7-16-11/h4-5,9,11,16-17H,1-3,6-8H2. The lowest BCUT2D eigenvalue weighted by atomic mass is 10.0. The summed E-state index contributed by atoms with van der Waals surface area (Å²) in [7, 11) is -3.67. The van der Waals surface area contributed by atoms with Gasteiger partial charge >= 0.3 is 0 Å². The van der Waals surface area contributed by atoms with Gasteiger partial charge in [0.25, 0.3) is 0 Å². The van der Waals surface area contributed by atoms with Crippen LogP contribution >= 0.6 is 0 Å². The molecule has 1 atom stereocenters. The number of nitrogens with one attached hydrogen (secondary N) is 2. The maximum Gasteiger partial charge on any atom is 0.232 e. The molecule has 0 aromatic heterocycles. The third-order valence-electron chi connectivity index (χ3n) is 3.34. The summed E-state index contributed by atoms with van der Waals surface area (Å²) >= 11 is 0. The highest BCUT2D eigenvalue weighted by Gasteiger charge is 2.18. The Morgan fingerprint density at radius 2 is 2.10 bits per heavy atom. The molecule has 2 rings (SSSR count). The summed E-state index contributed by atoms with van der Waals surface area (Å²) in [5.41, 5.74) is -0.346. The Morgan fingerprint density at radius 1 is 1.30 bits per heavy atom. The van der Waals surface area contributed by atoms with E-state index < -0.39 is 21.7 Å². The van der Waals surface area contributed by atoms with Crippen LogP contribution in [0, 0.1) is 11.6 Å². The van der Waals surface area contributed by atoms with E-state index in [4.69, 9.17) is 0 Å². The van der Waals surface area contributed by atoms with Gasteiger partial charge < -0.3 is 5.32 Å². The summed E-state index contributed by atoms with van der Waals surface area (Å²) in [5, 5.41) is 3.25. The fraction of sp³-hybridized carbons (Fsp3) is 0.538. The lowest BCUT2D eigenvalue weighted by molar-refractivity contribution is 0.393. The second-order valence-corrected chi connectivity index (χ2v) is 6.82. The third kappa shape index (κ3) is 4.42. The number of anilines is 1. The van der Waals surface area contributed by atoms with Crippen molar-refractivity contribution in [2.75, 3.05) is 17.0 Å². The maximum absolute atomic E-state index is 13.4.